The molecule has 1 fully saturated rings. The van der Waals surface area contributed by atoms with Gasteiger partial charge >= 0.3 is 6.03 Å². The molecule has 2 atom stereocenters. The molecule has 0 aromatic carbocycles. The third kappa shape index (κ3) is 3.54. The lowest BCUT2D eigenvalue weighted by molar-refractivity contribution is 0.196. The Bertz CT molecular complexity index is 514. The van der Waals surface area contributed by atoms with Crippen molar-refractivity contribution in [2.24, 2.45) is 7.05 Å². The van der Waals surface area contributed by atoms with Crippen LogP contribution in [-0.2, 0) is 7.05 Å². The summed E-state index contributed by atoms with van der Waals surface area (Å²) in [5.74, 6) is 1.03. The summed E-state index contributed by atoms with van der Waals surface area (Å²) in [7, 11) is 1.94. The third-order valence-electron chi connectivity index (χ3n) is 4.22. The minimum atomic E-state index is -0.0131. The predicted molar refractivity (Wildman–Crippen MR) is 87.7 cm³/mol. The van der Waals surface area contributed by atoms with E-state index in [1.54, 1.807) is 0 Å². The Balaban J connectivity index is 2.02. The lowest BCUT2D eigenvalue weighted by atomic mass is 10.1. The van der Waals surface area contributed by atoms with Crippen molar-refractivity contribution >= 4 is 17.8 Å². The summed E-state index contributed by atoms with van der Waals surface area (Å²) in [5, 5.41) is 8.13. The molecule has 0 saturated carbocycles. The molecule has 0 spiro atoms. The molecule has 5 nitrogen and oxygen atoms in total. The first-order chi connectivity index (χ1) is 9.93. The zero-order valence-electron chi connectivity index (χ0n) is 13.6. The van der Waals surface area contributed by atoms with Gasteiger partial charge in [0.1, 0.15) is 0 Å². The van der Waals surface area contributed by atoms with Gasteiger partial charge in [0.2, 0.25) is 0 Å². The quantitative estimate of drug-likeness (QED) is 0.934. The molecule has 1 aliphatic heterocycles. The Morgan fingerprint density at radius 3 is 2.81 bits per heavy atom. The van der Waals surface area contributed by atoms with Gasteiger partial charge < -0.3 is 10.2 Å². The van der Waals surface area contributed by atoms with Crippen LogP contribution in [0.25, 0.3) is 0 Å². The number of nitrogens with zero attached hydrogens (tertiary/aromatic N) is 3. The van der Waals surface area contributed by atoms with E-state index in [4.69, 9.17) is 0 Å². The average molecular weight is 310 g/mol. The van der Waals surface area contributed by atoms with Gasteiger partial charge in [-0.3, -0.25) is 4.68 Å². The normalized spacial score (nSPS) is 20.4. The minimum Gasteiger partial charge on any atom is -0.331 e. The van der Waals surface area contributed by atoms with Crippen LogP contribution in [0, 0.1) is 13.8 Å². The Kier molecular flexibility index (Phi) is 5.19. The molecule has 0 bridgehead atoms. The van der Waals surface area contributed by atoms with Crippen LogP contribution >= 0.6 is 11.8 Å². The first-order valence-electron chi connectivity index (χ1n) is 7.61. The van der Waals surface area contributed by atoms with Crippen molar-refractivity contribution in [3.63, 3.8) is 0 Å². The van der Waals surface area contributed by atoms with Crippen molar-refractivity contribution in [3.05, 3.63) is 17.0 Å². The number of amides is 2. The monoisotopic (exact) mass is 310 g/mol. The second-order valence-corrected chi connectivity index (χ2v) is 7.13. The molecule has 0 radical (unpaired) electrons. The van der Waals surface area contributed by atoms with E-state index in [0.717, 1.165) is 42.2 Å². The molecular formula is C15H26N4OS. The van der Waals surface area contributed by atoms with Crippen molar-refractivity contribution in [2.45, 2.75) is 45.4 Å². The molecule has 0 unspecified atom stereocenters. The number of urea groups is 1. The van der Waals surface area contributed by atoms with Crippen LogP contribution in [0.3, 0.4) is 0 Å². The number of carbonyl (C=O) groups is 1. The predicted octanol–water partition coefficient (Wildman–Crippen LogP) is 2.63. The highest BCUT2D eigenvalue weighted by Gasteiger charge is 2.25. The maximum atomic E-state index is 12.5. The van der Waals surface area contributed by atoms with Crippen LogP contribution in [0.5, 0.6) is 0 Å². The number of thioether (sulfide) groups is 1. The molecule has 2 amide bonds. The highest BCUT2D eigenvalue weighted by atomic mass is 32.2. The van der Waals surface area contributed by atoms with E-state index in [1.165, 1.54) is 0 Å². The van der Waals surface area contributed by atoms with Crippen molar-refractivity contribution < 1.29 is 4.79 Å². The first-order valence-corrected chi connectivity index (χ1v) is 8.66. The first kappa shape index (κ1) is 16.2. The summed E-state index contributed by atoms with van der Waals surface area (Å²) >= 11 is 1.97. The Morgan fingerprint density at radius 1 is 1.52 bits per heavy atom. The summed E-state index contributed by atoms with van der Waals surface area (Å²) in [4.78, 5) is 14.4. The lowest BCUT2D eigenvalue weighted by Gasteiger charge is -2.32. The van der Waals surface area contributed by atoms with Crippen molar-refractivity contribution in [2.75, 3.05) is 18.8 Å². The molecule has 6 heteroatoms. The highest BCUT2D eigenvalue weighted by Crippen LogP contribution is 2.23. The van der Waals surface area contributed by atoms with E-state index >= 15 is 0 Å². The third-order valence-corrected chi connectivity index (χ3v) is 5.59. The van der Waals surface area contributed by atoms with E-state index in [2.05, 4.69) is 17.3 Å². The fraction of sp³-hybridized carbons (Fsp3) is 0.733. The zero-order valence-corrected chi connectivity index (χ0v) is 14.5. The maximum Gasteiger partial charge on any atom is 0.317 e. The van der Waals surface area contributed by atoms with Crippen molar-refractivity contribution in [3.8, 4) is 0 Å². The molecule has 1 saturated heterocycles. The van der Waals surface area contributed by atoms with Gasteiger partial charge in [0.05, 0.1) is 11.7 Å². The van der Waals surface area contributed by atoms with Gasteiger partial charge in [-0.15, -0.1) is 0 Å². The molecule has 1 aromatic heterocycles. The Hall–Kier alpha value is -1.17. The number of hydrogen-bond acceptors (Lipinski definition) is 3. The molecule has 2 heterocycles. The van der Waals surface area contributed by atoms with E-state index in [-0.39, 0.29) is 12.1 Å². The number of aryl methyl sites for hydroxylation is 2. The number of carbonyl (C=O) groups excluding carboxylic acids is 1. The van der Waals surface area contributed by atoms with Gasteiger partial charge in [0.15, 0.2) is 0 Å². The second-order valence-electron chi connectivity index (χ2n) is 5.73. The zero-order chi connectivity index (χ0) is 15.6. The van der Waals surface area contributed by atoms with E-state index in [9.17, 15) is 4.79 Å². The summed E-state index contributed by atoms with van der Waals surface area (Å²) in [6.07, 6.45) is 1.12. The lowest BCUT2D eigenvalue weighted by Crippen LogP contribution is -2.47. The maximum absolute atomic E-state index is 12.5. The Labute approximate surface area is 131 Å². The fourth-order valence-corrected chi connectivity index (χ4v) is 4.10. The van der Waals surface area contributed by atoms with Gasteiger partial charge in [0.25, 0.3) is 0 Å². The van der Waals surface area contributed by atoms with Crippen LogP contribution in [0.1, 0.15) is 43.3 Å². The SMILES string of the molecule is CC[C@H]1CN(C(=O)N[C@H](C)c2c(C)nn(C)c2C)CCS1. The molecular weight excluding hydrogens is 284 g/mol. The molecule has 0 aliphatic carbocycles. The van der Waals surface area contributed by atoms with Crippen LogP contribution in [0.4, 0.5) is 4.79 Å². The van der Waals surface area contributed by atoms with Gasteiger partial charge in [-0.1, -0.05) is 6.92 Å². The van der Waals surface area contributed by atoms with Gasteiger partial charge in [-0.25, -0.2) is 4.79 Å². The minimum absolute atomic E-state index is 0.0131. The molecule has 118 valence electrons. The number of rotatable bonds is 3. The van der Waals surface area contributed by atoms with Gasteiger partial charge in [-0.05, 0) is 27.2 Å². The number of aromatic nitrogens is 2. The largest absolute Gasteiger partial charge is 0.331 e. The molecule has 1 aromatic rings. The van der Waals surface area contributed by atoms with Gasteiger partial charge in [-0.2, -0.15) is 16.9 Å². The van der Waals surface area contributed by atoms with Crippen molar-refractivity contribution in [1.82, 2.24) is 20.0 Å². The molecule has 2 rings (SSSR count). The molecule has 21 heavy (non-hydrogen) atoms. The highest BCUT2D eigenvalue weighted by molar-refractivity contribution is 8.00. The van der Waals surface area contributed by atoms with E-state index in [0.29, 0.717) is 5.25 Å². The standard InChI is InChI=1S/C15H26N4OS/c1-6-13-9-19(7-8-21-13)15(20)16-10(2)14-11(3)17-18(5)12(14)4/h10,13H,6-9H2,1-5H3,(H,16,20)/t10-,13+/m1/s1. The number of nitrogens with one attached hydrogen (secondary N) is 1. The Morgan fingerprint density at radius 2 is 2.24 bits per heavy atom. The molecule has 1 aliphatic rings. The fourth-order valence-electron chi connectivity index (χ4n) is 2.92. The summed E-state index contributed by atoms with van der Waals surface area (Å²) < 4.78 is 1.87. The molecule has 1 N–H and O–H groups in total. The second kappa shape index (κ2) is 6.73. The smallest absolute Gasteiger partial charge is 0.317 e. The average Bonchev–Trinajstić information content (AvgIpc) is 2.72. The van der Waals surface area contributed by atoms with Crippen LogP contribution < -0.4 is 5.32 Å². The summed E-state index contributed by atoms with van der Waals surface area (Å²) in [6.45, 7) is 9.95. The number of hydrogen-bond donors (Lipinski definition) is 1. The van der Waals surface area contributed by atoms with E-state index in [1.807, 2.05) is 49.2 Å². The van der Waals surface area contributed by atoms with Gasteiger partial charge in [0, 0.05) is 42.4 Å². The van der Waals surface area contributed by atoms with Crippen LogP contribution in [0.2, 0.25) is 0 Å². The van der Waals surface area contributed by atoms with Crippen LogP contribution in [-0.4, -0.2) is 44.8 Å². The van der Waals surface area contributed by atoms with Crippen molar-refractivity contribution in [1.29, 1.82) is 0 Å². The summed E-state index contributed by atoms with van der Waals surface area (Å²) in [6, 6.07) is 0.0322. The van der Waals surface area contributed by atoms with Crippen LogP contribution in [0.15, 0.2) is 0 Å². The van der Waals surface area contributed by atoms with E-state index < -0.39 is 0 Å². The summed E-state index contributed by atoms with van der Waals surface area (Å²) in [5.41, 5.74) is 3.23. The topological polar surface area (TPSA) is 50.2 Å².